The van der Waals surface area contributed by atoms with Crippen LogP contribution in [0.5, 0.6) is 0 Å². The summed E-state index contributed by atoms with van der Waals surface area (Å²) in [5.41, 5.74) is 0. The van der Waals surface area contributed by atoms with Crippen LogP contribution in [-0.2, 0) is 28.0 Å². The van der Waals surface area contributed by atoms with Gasteiger partial charge in [0.1, 0.15) is 0 Å². The van der Waals surface area contributed by atoms with Crippen molar-refractivity contribution >= 4 is 64.4 Å². The number of hydrogen-bond donors (Lipinski definition) is 3. The van der Waals surface area contributed by atoms with E-state index in [0.29, 0.717) is 19.3 Å². The summed E-state index contributed by atoms with van der Waals surface area (Å²) in [6.07, 6.45) is 29.4. The lowest BCUT2D eigenvalue weighted by Gasteiger charge is -2.20. The van der Waals surface area contributed by atoms with E-state index < -0.39 is 42.3 Å². The fourth-order valence-electron chi connectivity index (χ4n) is 5.23. The van der Waals surface area contributed by atoms with Crippen molar-refractivity contribution in [3.05, 3.63) is 0 Å². The largest absolute Gasteiger partial charge is 0.537 e. The summed E-state index contributed by atoms with van der Waals surface area (Å²) in [5, 5.41) is -2.05. The average Bonchev–Trinajstić information content (AvgIpc) is 3.04. The molecule has 272 valence electrons. The highest BCUT2D eigenvalue weighted by atomic mass is 32.1. The lowest BCUT2D eigenvalue weighted by Crippen LogP contribution is -2.23. The Bertz CT molecular complexity index is 649. The van der Waals surface area contributed by atoms with Crippen molar-refractivity contribution in [1.82, 2.24) is 0 Å². The topological polar surface area (TPSA) is 78.9 Å². The molecule has 0 aliphatic carbocycles. The fourth-order valence-corrected chi connectivity index (χ4v) is 7.12. The summed E-state index contributed by atoms with van der Waals surface area (Å²) >= 11 is 13.3. The number of carbonyl (C=O) groups is 3. The molecule has 10 heteroatoms. The van der Waals surface area contributed by atoms with Crippen LogP contribution < -0.4 is 0 Å². The highest BCUT2D eigenvalue weighted by molar-refractivity contribution is 7.82. The van der Waals surface area contributed by atoms with Crippen LogP contribution in [0, 0.1) is 0 Å². The minimum absolute atomic E-state index is 0.545. The molecule has 0 amide bonds. The minimum Gasteiger partial charge on any atom is -0.374 e. The Morgan fingerprint density at radius 3 is 0.804 bits per heavy atom. The maximum Gasteiger partial charge on any atom is 0.537 e. The molecular formula is C36H69O6PS3. The molecule has 3 unspecified atom stereocenters. The van der Waals surface area contributed by atoms with Crippen molar-refractivity contribution in [3.63, 3.8) is 0 Å². The lowest BCUT2D eigenvalue weighted by atomic mass is 10.1. The van der Waals surface area contributed by atoms with Gasteiger partial charge in [-0.25, -0.2) is 0 Å². The van der Waals surface area contributed by atoms with Crippen molar-refractivity contribution in [2.45, 2.75) is 210 Å². The van der Waals surface area contributed by atoms with E-state index in [0.717, 1.165) is 57.8 Å². The van der Waals surface area contributed by atoms with Crippen LogP contribution in [-0.4, -0.2) is 33.7 Å². The van der Waals surface area contributed by atoms with E-state index in [1.165, 1.54) is 96.3 Å². The Hall–Kier alpha value is -0.110. The van der Waals surface area contributed by atoms with Gasteiger partial charge in [0.05, 0.1) is 15.7 Å². The second-order valence-corrected chi connectivity index (χ2v) is 15.7. The van der Waals surface area contributed by atoms with Crippen LogP contribution in [0.3, 0.4) is 0 Å². The molecule has 0 heterocycles. The van der Waals surface area contributed by atoms with E-state index in [9.17, 15) is 14.4 Å². The van der Waals surface area contributed by atoms with E-state index in [4.69, 9.17) is 13.6 Å². The summed E-state index contributed by atoms with van der Waals surface area (Å²) in [4.78, 5) is 38.6. The normalized spacial score (nSPS) is 14.0. The molecule has 0 aliphatic heterocycles. The first-order valence-corrected chi connectivity index (χ1v) is 21.4. The summed E-state index contributed by atoms with van der Waals surface area (Å²) in [7, 11) is -2.56. The van der Waals surface area contributed by atoms with Crippen LogP contribution in [0.1, 0.15) is 194 Å². The van der Waals surface area contributed by atoms with Crippen LogP contribution in [0.4, 0.5) is 0 Å². The summed E-state index contributed by atoms with van der Waals surface area (Å²) in [5.74, 6) is -1.93. The predicted octanol–water partition coefficient (Wildman–Crippen LogP) is 12.3. The van der Waals surface area contributed by atoms with Gasteiger partial charge in [0, 0.05) is 0 Å². The van der Waals surface area contributed by atoms with E-state index >= 15 is 0 Å². The van der Waals surface area contributed by atoms with Crippen molar-refractivity contribution in [3.8, 4) is 0 Å². The van der Waals surface area contributed by atoms with Gasteiger partial charge in [-0.05, 0) is 19.3 Å². The third kappa shape index (κ3) is 27.8. The van der Waals surface area contributed by atoms with Gasteiger partial charge in [-0.3, -0.25) is 14.4 Å². The molecule has 0 bridgehead atoms. The zero-order valence-electron chi connectivity index (χ0n) is 29.6. The Morgan fingerprint density at radius 1 is 0.391 bits per heavy atom. The fraction of sp³-hybridized carbons (Fsp3) is 0.917. The van der Waals surface area contributed by atoms with Crippen LogP contribution in [0.2, 0.25) is 0 Å². The zero-order valence-corrected chi connectivity index (χ0v) is 33.1. The molecule has 0 aromatic heterocycles. The van der Waals surface area contributed by atoms with Gasteiger partial charge in [-0.1, -0.05) is 175 Å². The quantitative estimate of drug-likeness (QED) is 0.0355. The van der Waals surface area contributed by atoms with Crippen LogP contribution in [0.15, 0.2) is 0 Å². The molecule has 3 atom stereocenters. The van der Waals surface area contributed by atoms with Gasteiger partial charge in [-0.15, -0.1) is 0 Å². The molecule has 0 aromatic carbocycles. The van der Waals surface area contributed by atoms with Gasteiger partial charge < -0.3 is 13.6 Å². The third-order valence-electron chi connectivity index (χ3n) is 8.30. The molecule has 0 spiro atoms. The van der Waals surface area contributed by atoms with Gasteiger partial charge in [-0.2, -0.15) is 37.9 Å². The Balaban J connectivity index is 4.81. The first kappa shape index (κ1) is 45.9. The Morgan fingerprint density at radius 2 is 0.587 bits per heavy atom. The summed E-state index contributed by atoms with van der Waals surface area (Å²) in [6.45, 7) is 6.63. The smallest absolute Gasteiger partial charge is 0.374 e. The second kappa shape index (κ2) is 33.4. The summed E-state index contributed by atoms with van der Waals surface area (Å²) in [6, 6.07) is 0. The van der Waals surface area contributed by atoms with Gasteiger partial charge in [0.25, 0.3) is 0 Å². The van der Waals surface area contributed by atoms with Crippen molar-refractivity contribution in [2.24, 2.45) is 0 Å². The first-order chi connectivity index (χ1) is 22.3. The second-order valence-electron chi connectivity index (χ2n) is 12.8. The lowest BCUT2D eigenvalue weighted by molar-refractivity contribution is -0.142. The number of thiol groups is 3. The van der Waals surface area contributed by atoms with E-state index in [2.05, 4.69) is 58.7 Å². The van der Waals surface area contributed by atoms with Gasteiger partial charge in [0.15, 0.2) is 0 Å². The standard InChI is InChI=1S/C36H69O6PS3/c1-4-7-10-13-16-19-22-25-28-31(44)34(37)40-43(41-35(38)32(45)29-26-23-20-17-14-11-8-5-2)42-36(39)33(46)30-27-24-21-18-15-12-9-6-3/h31-33,44-46H,4-30H2,1-3H3. The molecule has 0 fully saturated rings. The van der Waals surface area contributed by atoms with Crippen LogP contribution in [0.25, 0.3) is 0 Å². The number of hydrogen-bond acceptors (Lipinski definition) is 9. The molecule has 0 N–H and O–H groups in total. The highest BCUT2D eigenvalue weighted by Gasteiger charge is 2.33. The maximum atomic E-state index is 12.9. The number of unbranched alkanes of at least 4 members (excludes halogenated alkanes) is 21. The van der Waals surface area contributed by atoms with Crippen molar-refractivity contribution in [2.75, 3.05) is 0 Å². The molecule has 46 heavy (non-hydrogen) atoms. The zero-order chi connectivity index (χ0) is 34.3. The molecule has 0 aromatic rings. The van der Waals surface area contributed by atoms with Gasteiger partial charge >= 0.3 is 26.5 Å². The SMILES string of the molecule is CCCCCCCCCCC(S)C(=O)OP(OC(=O)C(S)CCCCCCCCCC)OC(=O)C(S)CCCCCCCCCC. The molecule has 0 radical (unpaired) electrons. The molecule has 0 saturated carbocycles. The average molecular weight is 725 g/mol. The highest BCUT2D eigenvalue weighted by Crippen LogP contribution is 2.43. The van der Waals surface area contributed by atoms with E-state index in [1.54, 1.807) is 0 Å². The van der Waals surface area contributed by atoms with Crippen molar-refractivity contribution < 1.29 is 28.0 Å². The first-order valence-electron chi connectivity index (χ1n) is 18.8. The van der Waals surface area contributed by atoms with E-state index in [1.807, 2.05) is 0 Å². The Labute approximate surface area is 301 Å². The van der Waals surface area contributed by atoms with Gasteiger partial charge in [0.2, 0.25) is 0 Å². The molecular weight excluding hydrogens is 656 g/mol. The van der Waals surface area contributed by atoms with Crippen molar-refractivity contribution in [1.29, 1.82) is 0 Å². The number of rotatable bonds is 33. The monoisotopic (exact) mass is 724 g/mol. The minimum atomic E-state index is -2.56. The molecule has 0 aliphatic rings. The Kier molecular flexibility index (Phi) is 33.3. The number of carbonyl (C=O) groups excluding carboxylic acids is 3. The molecule has 0 rings (SSSR count). The predicted molar refractivity (Wildman–Crippen MR) is 205 cm³/mol. The third-order valence-corrected chi connectivity index (χ3v) is 10.7. The summed E-state index contributed by atoms with van der Waals surface area (Å²) < 4.78 is 16.4. The maximum absolute atomic E-state index is 12.9. The molecule has 0 saturated heterocycles. The molecule has 6 nitrogen and oxygen atoms in total. The van der Waals surface area contributed by atoms with Crippen LogP contribution >= 0.6 is 46.5 Å². The van der Waals surface area contributed by atoms with E-state index in [-0.39, 0.29) is 0 Å².